The lowest BCUT2D eigenvalue weighted by atomic mass is 10.2. The summed E-state index contributed by atoms with van der Waals surface area (Å²) in [6.45, 7) is 0.558. The third-order valence-corrected chi connectivity index (χ3v) is 3.53. The van der Waals surface area contributed by atoms with E-state index in [2.05, 4.69) is 10.6 Å². The lowest BCUT2D eigenvalue weighted by molar-refractivity contribution is -0.137. The summed E-state index contributed by atoms with van der Waals surface area (Å²) in [7, 11) is 0. The molecular weight excluding hydrogens is 337 g/mol. The fourth-order valence-corrected chi connectivity index (χ4v) is 2.35. The highest BCUT2D eigenvalue weighted by molar-refractivity contribution is 5.92. The van der Waals surface area contributed by atoms with Crippen molar-refractivity contribution in [3.8, 4) is 11.5 Å². The molecule has 2 aromatic rings. The highest BCUT2D eigenvalue weighted by Crippen LogP contribution is 2.32. The number of hydrogen-bond donors (Lipinski definition) is 2. The van der Waals surface area contributed by atoms with E-state index in [1.165, 1.54) is 12.1 Å². The third kappa shape index (κ3) is 4.42. The number of ether oxygens (including phenoxy) is 2. The van der Waals surface area contributed by atoms with Crippen LogP contribution in [0.2, 0.25) is 0 Å². The third-order valence-electron chi connectivity index (χ3n) is 3.53. The largest absolute Gasteiger partial charge is 0.454 e. The van der Waals surface area contributed by atoms with E-state index < -0.39 is 17.6 Å². The lowest BCUT2D eigenvalue weighted by Gasteiger charge is -2.10. The number of alkyl halides is 3. The maximum absolute atomic E-state index is 12.6. The van der Waals surface area contributed by atoms with Crippen LogP contribution in [0.5, 0.6) is 11.5 Å². The van der Waals surface area contributed by atoms with Crippen molar-refractivity contribution in [3.05, 3.63) is 53.6 Å². The minimum absolute atomic E-state index is 0.0370. The molecule has 0 spiro atoms. The van der Waals surface area contributed by atoms with Gasteiger partial charge in [0.1, 0.15) is 0 Å². The Kier molecular flexibility index (Phi) is 4.80. The van der Waals surface area contributed by atoms with Crippen molar-refractivity contribution in [2.24, 2.45) is 0 Å². The molecule has 2 aromatic carbocycles. The predicted octanol–water partition coefficient (Wildman–Crippen LogP) is 3.16. The minimum atomic E-state index is -4.45. The molecule has 0 saturated carbocycles. The Morgan fingerprint density at radius 2 is 1.88 bits per heavy atom. The first-order valence-corrected chi connectivity index (χ1v) is 7.48. The van der Waals surface area contributed by atoms with Crippen molar-refractivity contribution < 1.29 is 27.4 Å². The van der Waals surface area contributed by atoms with Gasteiger partial charge in [0.2, 0.25) is 12.7 Å². The summed E-state index contributed by atoms with van der Waals surface area (Å²) >= 11 is 0. The number of carbonyl (C=O) groups is 1. The Hall–Kier alpha value is -2.74. The topological polar surface area (TPSA) is 59.6 Å². The first-order chi connectivity index (χ1) is 11.9. The number of anilines is 1. The van der Waals surface area contributed by atoms with E-state index in [-0.39, 0.29) is 19.0 Å². The highest BCUT2D eigenvalue weighted by atomic mass is 19.4. The fraction of sp³-hybridized carbons (Fsp3) is 0.235. The Labute approximate surface area is 141 Å². The van der Waals surface area contributed by atoms with Crippen LogP contribution < -0.4 is 20.1 Å². The van der Waals surface area contributed by atoms with Crippen molar-refractivity contribution in [2.75, 3.05) is 18.7 Å². The Morgan fingerprint density at radius 1 is 1.08 bits per heavy atom. The second kappa shape index (κ2) is 7.02. The van der Waals surface area contributed by atoms with Gasteiger partial charge in [-0.15, -0.1) is 0 Å². The first kappa shape index (κ1) is 17.1. The zero-order chi connectivity index (χ0) is 17.9. The normalized spacial score (nSPS) is 12.9. The number of amides is 1. The van der Waals surface area contributed by atoms with Gasteiger partial charge in [-0.2, -0.15) is 13.2 Å². The van der Waals surface area contributed by atoms with Gasteiger partial charge in [-0.3, -0.25) is 4.79 Å². The van der Waals surface area contributed by atoms with Gasteiger partial charge < -0.3 is 20.1 Å². The highest BCUT2D eigenvalue weighted by Gasteiger charge is 2.30. The van der Waals surface area contributed by atoms with E-state index in [0.717, 1.165) is 17.7 Å². The molecule has 0 aliphatic carbocycles. The van der Waals surface area contributed by atoms with E-state index in [1.54, 1.807) is 12.1 Å². The van der Waals surface area contributed by atoms with E-state index in [4.69, 9.17) is 9.47 Å². The summed E-state index contributed by atoms with van der Waals surface area (Å²) in [5, 5.41) is 5.36. The summed E-state index contributed by atoms with van der Waals surface area (Å²) in [6.07, 6.45) is -4.45. The fourth-order valence-electron chi connectivity index (χ4n) is 2.35. The molecule has 0 aromatic heterocycles. The molecule has 0 fully saturated rings. The molecule has 0 radical (unpaired) electrons. The molecule has 1 amide bonds. The van der Waals surface area contributed by atoms with Gasteiger partial charge in [0, 0.05) is 12.2 Å². The molecule has 0 unspecified atom stereocenters. The van der Waals surface area contributed by atoms with Crippen LogP contribution in [0.1, 0.15) is 11.1 Å². The standard InChI is InChI=1S/C17H15F3N2O3/c18-17(19,20)12-2-1-3-13(7-12)22-16(23)9-21-8-11-4-5-14-15(6-11)25-10-24-14/h1-7,21H,8-10H2,(H,22,23). The molecule has 1 aliphatic heterocycles. The van der Waals surface area contributed by atoms with Crippen LogP contribution in [0.15, 0.2) is 42.5 Å². The summed E-state index contributed by atoms with van der Waals surface area (Å²) in [6, 6.07) is 9.93. The van der Waals surface area contributed by atoms with Gasteiger partial charge in [-0.1, -0.05) is 12.1 Å². The predicted molar refractivity (Wildman–Crippen MR) is 84.3 cm³/mol. The Morgan fingerprint density at radius 3 is 2.68 bits per heavy atom. The van der Waals surface area contributed by atoms with Crippen molar-refractivity contribution in [1.82, 2.24) is 5.32 Å². The van der Waals surface area contributed by atoms with Crippen LogP contribution in [-0.4, -0.2) is 19.2 Å². The number of carbonyl (C=O) groups excluding carboxylic acids is 1. The van der Waals surface area contributed by atoms with Gasteiger partial charge in [0.25, 0.3) is 0 Å². The molecule has 0 atom stereocenters. The summed E-state index contributed by atoms with van der Waals surface area (Å²) in [5.74, 6) is 0.888. The van der Waals surface area contributed by atoms with Crippen molar-refractivity contribution in [1.29, 1.82) is 0 Å². The Bertz CT molecular complexity index is 778. The molecule has 25 heavy (non-hydrogen) atoms. The van der Waals surface area contributed by atoms with Crippen LogP contribution in [0, 0.1) is 0 Å². The van der Waals surface area contributed by atoms with Gasteiger partial charge in [0.05, 0.1) is 12.1 Å². The second-order valence-electron chi connectivity index (χ2n) is 5.42. The SMILES string of the molecule is O=C(CNCc1ccc2c(c1)OCO2)Nc1cccc(C(F)(F)F)c1. The van der Waals surface area contributed by atoms with Gasteiger partial charge in [-0.25, -0.2) is 0 Å². The van der Waals surface area contributed by atoms with Crippen molar-refractivity contribution >= 4 is 11.6 Å². The maximum Gasteiger partial charge on any atom is 0.416 e. The van der Waals surface area contributed by atoms with Crippen LogP contribution in [0.4, 0.5) is 18.9 Å². The second-order valence-corrected chi connectivity index (χ2v) is 5.42. The minimum Gasteiger partial charge on any atom is -0.454 e. The van der Waals surface area contributed by atoms with Crippen LogP contribution >= 0.6 is 0 Å². The smallest absolute Gasteiger partial charge is 0.416 e. The number of nitrogens with one attached hydrogen (secondary N) is 2. The molecule has 1 aliphatic rings. The molecule has 5 nitrogen and oxygen atoms in total. The molecule has 8 heteroatoms. The average Bonchev–Trinajstić information content (AvgIpc) is 3.02. The van der Waals surface area contributed by atoms with E-state index >= 15 is 0 Å². The summed E-state index contributed by atoms with van der Waals surface area (Å²) in [5.41, 5.74) is 0.194. The zero-order valence-corrected chi connectivity index (χ0v) is 13.0. The number of halogens is 3. The van der Waals surface area contributed by atoms with E-state index in [9.17, 15) is 18.0 Å². The monoisotopic (exact) mass is 352 g/mol. The van der Waals surface area contributed by atoms with Crippen LogP contribution in [0.25, 0.3) is 0 Å². The maximum atomic E-state index is 12.6. The number of rotatable bonds is 5. The van der Waals surface area contributed by atoms with Crippen LogP contribution in [-0.2, 0) is 17.5 Å². The molecule has 0 saturated heterocycles. The van der Waals surface area contributed by atoms with Gasteiger partial charge in [-0.05, 0) is 35.9 Å². The van der Waals surface area contributed by atoms with E-state index in [0.29, 0.717) is 18.0 Å². The number of fused-ring (bicyclic) bond motifs is 1. The molecule has 1 heterocycles. The lowest BCUT2D eigenvalue weighted by Crippen LogP contribution is -2.27. The Balaban J connectivity index is 1.50. The summed E-state index contributed by atoms with van der Waals surface area (Å²) in [4.78, 5) is 11.9. The molecule has 0 bridgehead atoms. The molecule has 132 valence electrons. The number of hydrogen-bond acceptors (Lipinski definition) is 4. The molecule has 3 rings (SSSR count). The quantitative estimate of drug-likeness (QED) is 0.868. The summed E-state index contributed by atoms with van der Waals surface area (Å²) < 4.78 is 48.4. The van der Waals surface area contributed by atoms with Gasteiger partial charge >= 0.3 is 6.18 Å². The first-order valence-electron chi connectivity index (χ1n) is 7.48. The van der Waals surface area contributed by atoms with Crippen LogP contribution in [0.3, 0.4) is 0 Å². The van der Waals surface area contributed by atoms with Gasteiger partial charge in [0.15, 0.2) is 11.5 Å². The van der Waals surface area contributed by atoms with E-state index in [1.807, 2.05) is 6.07 Å². The number of benzene rings is 2. The van der Waals surface area contributed by atoms with Crippen molar-refractivity contribution in [3.63, 3.8) is 0 Å². The zero-order valence-electron chi connectivity index (χ0n) is 13.0. The average molecular weight is 352 g/mol. The molecule has 2 N–H and O–H groups in total. The van der Waals surface area contributed by atoms with Crippen molar-refractivity contribution in [2.45, 2.75) is 12.7 Å². The molecular formula is C17H15F3N2O3.